The predicted octanol–water partition coefficient (Wildman–Crippen LogP) is 1.46. The van der Waals surface area contributed by atoms with Gasteiger partial charge in [-0.3, -0.25) is 10.1 Å². The average Bonchev–Trinajstić information content (AvgIpc) is 2.98. The van der Waals surface area contributed by atoms with Gasteiger partial charge in [-0.05, 0) is 31.2 Å². The van der Waals surface area contributed by atoms with Gasteiger partial charge in [-0.25, -0.2) is 13.1 Å². The number of nitro groups is 1. The number of hydrogen-bond acceptors (Lipinski definition) is 6. The lowest BCUT2D eigenvalue weighted by atomic mass is 10.0. The van der Waals surface area contributed by atoms with Crippen LogP contribution in [0.1, 0.15) is 12.7 Å². The summed E-state index contributed by atoms with van der Waals surface area (Å²) in [5.74, 6) is 0.532. The Kier molecular flexibility index (Phi) is 4.83. The van der Waals surface area contributed by atoms with Crippen molar-refractivity contribution in [3.63, 3.8) is 0 Å². The molecular weight excluding hydrogens is 324 g/mol. The van der Waals surface area contributed by atoms with Crippen LogP contribution in [-0.4, -0.2) is 30.6 Å². The van der Waals surface area contributed by atoms with Gasteiger partial charge in [0.1, 0.15) is 5.76 Å². The molecule has 1 aromatic heterocycles. The van der Waals surface area contributed by atoms with E-state index in [1.165, 1.54) is 13.2 Å². The molecule has 0 spiro atoms. The first-order chi connectivity index (χ1) is 10.7. The van der Waals surface area contributed by atoms with E-state index in [-0.39, 0.29) is 23.5 Å². The normalized spacial score (nSPS) is 14.3. The van der Waals surface area contributed by atoms with Crippen LogP contribution in [0.15, 0.2) is 52.0 Å². The molecule has 0 radical (unpaired) electrons. The SMILES string of the molecule is CC(O)(CNS(=O)(=O)c1ccc([N+](=O)[O-])cc1)Cc1ccco1. The fourth-order valence-electron chi connectivity index (χ4n) is 1.93. The minimum absolute atomic E-state index is 0.114. The highest BCUT2D eigenvalue weighted by Gasteiger charge is 2.26. The standard InChI is InChI=1S/C14H16N2O6S/c1-14(17,9-12-3-2-8-22-12)10-15-23(20,21)13-6-4-11(5-7-13)16(18)19/h2-8,15,17H,9-10H2,1H3. The summed E-state index contributed by atoms with van der Waals surface area (Å²) in [6.07, 6.45) is 1.61. The van der Waals surface area contributed by atoms with Crippen molar-refractivity contribution in [3.8, 4) is 0 Å². The number of hydrogen-bond donors (Lipinski definition) is 2. The summed E-state index contributed by atoms with van der Waals surface area (Å²) in [5, 5.41) is 20.8. The maximum atomic E-state index is 12.1. The number of sulfonamides is 1. The van der Waals surface area contributed by atoms with Crippen molar-refractivity contribution in [2.45, 2.75) is 23.8 Å². The second-order valence-corrected chi connectivity index (χ2v) is 7.10. The molecule has 0 aliphatic heterocycles. The molecule has 2 N–H and O–H groups in total. The molecule has 9 heteroatoms. The van der Waals surface area contributed by atoms with Crippen LogP contribution in [0.5, 0.6) is 0 Å². The van der Waals surface area contributed by atoms with Crippen LogP contribution in [0.25, 0.3) is 0 Å². The zero-order valence-corrected chi connectivity index (χ0v) is 13.1. The van der Waals surface area contributed by atoms with E-state index in [1.807, 2.05) is 0 Å². The molecule has 1 heterocycles. The Bertz CT molecular complexity index is 766. The zero-order valence-electron chi connectivity index (χ0n) is 12.3. The summed E-state index contributed by atoms with van der Waals surface area (Å²) in [7, 11) is -3.88. The third-order valence-electron chi connectivity index (χ3n) is 3.14. The van der Waals surface area contributed by atoms with Gasteiger partial charge in [0.15, 0.2) is 0 Å². The minimum Gasteiger partial charge on any atom is -0.469 e. The van der Waals surface area contributed by atoms with Crippen LogP contribution in [0.3, 0.4) is 0 Å². The smallest absolute Gasteiger partial charge is 0.269 e. The Hall–Kier alpha value is -2.23. The Balaban J connectivity index is 2.04. The van der Waals surface area contributed by atoms with Crippen molar-refractivity contribution in [2.75, 3.05) is 6.54 Å². The third-order valence-corrected chi connectivity index (χ3v) is 4.55. The molecule has 124 valence electrons. The summed E-state index contributed by atoms with van der Waals surface area (Å²) in [6.45, 7) is 1.25. The molecule has 23 heavy (non-hydrogen) atoms. The monoisotopic (exact) mass is 340 g/mol. The summed E-state index contributed by atoms with van der Waals surface area (Å²) in [5.41, 5.74) is -1.54. The first-order valence-corrected chi connectivity index (χ1v) is 8.17. The maximum absolute atomic E-state index is 12.1. The van der Waals surface area contributed by atoms with E-state index < -0.39 is 20.5 Å². The van der Waals surface area contributed by atoms with Crippen LogP contribution >= 0.6 is 0 Å². The molecular formula is C14H16N2O6S. The second kappa shape index (κ2) is 6.49. The lowest BCUT2D eigenvalue weighted by Crippen LogP contribution is -2.42. The lowest BCUT2D eigenvalue weighted by Gasteiger charge is -2.22. The summed E-state index contributed by atoms with van der Waals surface area (Å²) in [4.78, 5) is 9.84. The fourth-order valence-corrected chi connectivity index (χ4v) is 3.09. The number of nitrogens with one attached hydrogen (secondary N) is 1. The molecule has 0 aliphatic carbocycles. The molecule has 0 amide bonds. The fraction of sp³-hybridized carbons (Fsp3) is 0.286. The second-order valence-electron chi connectivity index (χ2n) is 5.33. The van der Waals surface area contributed by atoms with E-state index in [9.17, 15) is 23.6 Å². The molecule has 1 unspecified atom stereocenters. The number of non-ortho nitro benzene ring substituents is 1. The van der Waals surface area contributed by atoms with Crippen molar-refractivity contribution in [2.24, 2.45) is 0 Å². The van der Waals surface area contributed by atoms with Gasteiger partial charge in [0.2, 0.25) is 10.0 Å². The van der Waals surface area contributed by atoms with Gasteiger partial charge in [0, 0.05) is 25.1 Å². The summed E-state index contributed by atoms with van der Waals surface area (Å²) < 4.78 is 31.7. The van der Waals surface area contributed by atoms with Gasteiger partial charge in [0.25, 0.3) is 5.69 Å². The molecule has 8 nitrogen and oxygen atoms in total. The molecule has 0 saturated heterocycles. The first-order valence-electron chi connectivity index (χ1n) is 6.68. The summed E-state index contributed by atoms with van der Waals surface area (Å²) in [6, 6.07) is 7.85. The largest absolute Gasteiger partial charge is 0.469 e. The Labute approximate surface area is 133 Å². The first kappa shape index (κ1) is 17.1. The van der Waals surface area contributed by atoms with Crippen molar-refractivity contribution in [3.05, 3.63) is 58.5 Å². The van der Waals surface area contributed by atoms with Gasteiger partial charge in [-0.2, -0.15) is 0 Å². The van der Waals surface area contributed by atoms with Crippen molar-refractivity contribution in [1.82, 2.24) is 4.72 Å². The lowest BCUT2D eigenvalue weighted by molar-refractivity contribution is -0.384. The van der Waals surface area contributed by atoms with Crippen LogP contribution < -0.4 is 4.72 Å². The topological polar surface area (TPSA) is 123 Å². The Morgan fingerprint density at radius 2 is 1.96 bits per heavy atom. The third kappa shape index (κ3) is 4.62. The number of rotatable bonds is 7. The van der Waals surface area contributed by atoms with Gasteiger partial charge in [-0.15, -0.1) is 0 Å². The van der Waals surface area contributed by atoms with Crippen molar-refractivity contribution in [1.29, 1.82) is 0 Å². The highest BCUT2D eigenvalue weighted by atomic mass is 32.2. The van der Waals surface area contributed by atoms with Crippen molar-refractivity contribution >= 4 is 15.7 Å². The van der Waals surface area contributed by atoms with Gasteiger partial charge in [0.05, 0.1) is 21.7 Å². The van der Waals surface area contributed by atoms with E-state index in [0.29, 0.717) is 5.76 Å². The maximum Gasteiger partial charge on any atom is 0.269 e. The van der Waals surface area contributed by atoms with Gasteiger partial charge >= 0.3 is 0 Å². The van der Waals surface area contributed by atoms with Crippen molar-refractivity contribution < 1.29 is 22.9 Å². The van der Waals surface area contributed by atoms with Gasteiger partial charge in [-0.1, -0.05) is 0 Å². The zero-order chi connectivity index (χ0) is 17.1. The molecule has 2 aromatic rings. The number of nitro benzene ring substituents is 1. The Morgan fingerprint density at radius 1 is 1.30 bits per heavy atom. The molecule has 1 atom stereocenters. The van der Waals surface area contributed by atoms with E-state index in [4.69, 9.17) is 4.42 Å². The highest BCUT2D eigenvalue weighted by Crippen LogP contribution is 2.17. The van der Waals surface area contributed by atoms with Crippen LogP contribution in [0.4, 0.5) is 5.69 Å². The molecule has 2 rings (SSSR count). The van der Waals surface area contributed by atoms with E-state index >= 15 is 0 Å². The number of benzene rings is 1. The van der Waals surface area contributed by atoms with Crippen LogP contribution in [0.2, 0.25) is 0 Å². The molecule has 0 fully saturated rings. The molecule has 0 saturated carbocycles. The Morgan fingerprint density at radius 3 is 2.48 bits per heavy atom. The molecule has 0 aliphatic rings. The van der Waals surface area contributed by atoms with Gasteiger partial charge < -0.3 is 9.52 Å². The van der Waals surface area contributed by atoms with E-state index in [0.717, 1.165) is 24.3 Å². The minimum atomic E-state index is -3.88. The number of nitrogens with zero attached hydrogens (tertiary/aromatic N) is 1. The predicted molar refractivity (Wildman–Crippen MR) is 81.3 cm³/mol. The summed E-state index contributed by atoms with van der Waals surface area (Å²) >= 11 is 0. The molecule has 0 bridgehead atoms. The van der Waals surface area contributed by atoms with E-state index in [2.05, 4.69) is 4.72 Å². The highest BCUT2D eigenvalue weighted by molar-refractivity contribution is 7.89. The van der Waals surface area contributed by atoms with Crippen LogP contribution in [-0.2, 0) is 16.4 Å². The quantitative estimate of drug-likeness (QED) is 0.581. The van der Waals surface area contributed by atoms with Crippen LogP contribution in [0, 0.1) is 10.1 Å². The molecule has 1 aromatic carbocycles. The number of aliphatic hydroxyl groups is 1. The number of furan rings is 1. The van der Waals surface area contributed by atoms with E-state index in [1.54, 1.807) is 12.1 Å². The average molecular weight is 340 g/mol.